The molecule has 0 saturated carbocycles. The molecule has 0 unspecified atom stereocenters. The van der Waals surface area contributed by atoms with Gasteiger partial charge in [0.15, 0.2) is 0 Å². The Labute approximate surface area is 222 Å². The molecule has 3 rings (SSSR count). The Morgan fingerprint density at radius 2 is 1.76 bits per heavy atom. The number of carbonyl (C=O) groups excluding carboxylic acids is 3. The van der Waals surface area contributed by atoms with Gasteiger partial charge in [-0.3, -0.25) is 14.4 Å². The largest absolute Gasteiger partial charge is 0.342 e. The number of halogens is 1. The molecule has 1 heterocycles. The van der Waals surface area contributed by atoms with Gasteiger partial charge in [-0.05, 0) is 42.9 Å². The molecule has 3 aromatic rings. The quantitative estimate of drug-likeness (QED) is 0.249. The molecule has 2 aromatic carbocycles. The van der Waals surface area contributed by atoms with Gasteiger partial charge in [-0.1, -0.05) is 54.6 Å². The van der Waals surface area contributed by atoms with Crippen LogP contribution < -0.4 is 5.32 Å². The van der Waals surface area contributed by atoms with Gasteiger partial charge in [0.05, 0.1) is 10.7 Å². The van der Waals surface area contributed by atoms with Gasteiger partial charge in [0.2, 0.25) is 5.91 Å². The number of amides is 2. The van der Waals surface area contributed by atoms with E-state index >= 15 is 0 Å². The molecule has 8 nitrogen and oxygen atoms in total. The van der Waals surface area contributed by atoms with E-state index in [2.05, 4.69) is 21.9 Å². The Hall–Kier alpha value is -3.88. The maximum Gasteiger partial charge on any atom is 0.294 e. The van der Waals surface area contributed by atoms with E-state index < -0.39 is 11.7 Å². The predicted octanol–water partition coefficient (Wildman–Crippen LogP) is 3.77. The lowest BCUT2D eigenvalue weighted by atomic mass is 9.99. The Morgan fingerprint density at radius 1 is 1.03 bits per heavy atom. The highest BCUT2D eigenvalue weighted by Gasteiger charge is 2.21. The van der Waals surface area contributed by atoms with E-state index in [0.717, 1.165) is 11.1 Å². The number of nitrogens with zero attached hydrogens (tertiary/aromatic N) is 4. The number of anilines is 1. The van der Waals surface area contributed by atoms with Crippen LogP contribution in [0.3, 0.4) is 0 Å². The topological polar surface area (TPSA) is 95.5 Å². The van der Waals surface area contributed by atoms with Crippen LogP contribution >= 0.6 is 11.6 Å². The summed E-state index contributed by atoms with van der Waals surface area (Å²) < 4.78 is 0. The maximum atomic E-state index is 12.7. The number of ketones is 1. The molecule has 0 bridgehead atoms. The number of Topliss-reactive ketones (excluding diaryl/α,β-unsaturated/α-hetero) is 1. The normalized spacial score (nSPS) is 10.8. The summed E-state index contributed by atoms with van der Waals surface area (Å²) in [6.45, 7) is 4.18. The fourth-order valence-corrected chi connectivity index (χ4v) is 3.90. The summed E-state index contributed by atoms with van der Waals surface area (Å²) in [7, 11) is 6.99. The molecule has 0 aliphatic rings. The molecular formula is C28H30ClN5O3. The van der Waals surface area contributed by atoms with Gasteiger partial charge in [0.1, 0.15) is 5.82 Å². The second kappa shape index (κ2) is 12.4. The summed E-state index contributed by atoms with van der Waals surface area (Å²) in [6, 6.07) is 12.8. The summed E-state index contributed by atoms with van der Waals surface area (Å²) in [5.41, 5.74) is 4.09. The molecule has 0 radical (unpaired) electrons. The molecule has 2 amide bonds. The van der Waals surface area contributed by atoms with Crippen molar-refractivity contribution in [1.82, 2.24) is 19.8 Å². The lowest BCUT2D eigenvalue weighted by molar-refractivity contribution is -0.124. The van der Waals surface area contributed by atoms with E-state index in [9.17, 15) is 14.4 Å². The van der Waals surface area contributed by atoms with Crippen molar-refractivity contribution < 1.29 is 14.4 Å². The number of hydrogen-bond donors (Lipinski definition) is 1. The van der Waals surface area contributed by atoms with E-state index in [1.807, 2.05) is 37.2 Å². The average molecular weight is 520 g/mol. The minimum atomic E-state index is -0.598. The maximum absolute atomic E-state index is 12.7. The van der Waals surface area contributed by atoms with Crippen LogP contribution in [-0.4, -0.2) is 65.6 Å². The first-order valence-corrected chi connectivity index (χ1v) is 12.0. The number of aromatic nitrogens is 2. The zero-order valence-electron chi connectivity index (χ0n) is 21.4. The minimum Gasteiger partial charge on any atom is -0.342 e. The van der Waals surface area contributed by atoms with Gasteiger partial charge in [-0.2, -0.15) is 0 Å². The second-order valence-corrected chi connectivity index (χ2v) is 9.45. The smallest absolute Gasteiger partial charge is 0.294 e. The molecule has 1 aromatic heterocycles. The Balaban J connectivity index is 1.89. The van der Waals surface area contributed by atoms with Crippen LogP contribution in [0.15, 0.2) is 61.3 Å². The van der Waals surface area contributed by atoms with Gasteiger partial charge in [-0.25, -0.2) is 9.97 Å². The second-order valence-electron chi connectivity index (χ2n) is 9.04. The van der Waals surface area contributed by atoms with E-state index in [1.54, 1.807) is 24.3 Å². The van der Waals surface area contributed by atoms with Crippen molar-refractivity contribution in [3.05, 3.63) is 100 Å². The lowest BCUT2D eigenvalue weighted by Crippen LogP contribution is -2.30. The van der Waals surface area contributed by atoms with Gasteiger partial charge < -0.3 is 15.1 Å². The van der Waals surface area contributed by atoms with Crippen molar-refractivity contribution in [3.63, 3.8) is 0 Å². The third-order valence-corrected chi connectivity index (χ3v) is 5.87. The molecule has 1 N–H and O–H groups in total. The molecule has 0 fully saturated rings. The number of likely N-dealkylation sites (N-methyl/N-ethyl adjacent to an activating group) is 1. The van der Waals surface area contributed by atoms with E-state index in [4.69, 9.17) is 11.6 Å². The SMILES string of the molecule is C=CC(=O)Nc1cc(Cc2ncc(Cl)c(Cc3ccccc3C(=O)C(=O)N(C)C)n2)ccc1CN(C)C. The van der Waals surface area contributed by atoms with Gasteiger partial charge in [0.25, 0.3) is 11.7 Å². The van der Waals surface area contributed by atoms with Crippen LogP contribution in [0.5, 0.6) is 0 Å². The predicted molar refractivity (Wildman–Crippen MR) is 145 cm³/mol. The van der Waals surface area contributed by atoms with E-state index in [-0.39, 0.29) is 12.3 Å². The van der Waals surface area contributed by atoms with Crippen LogP contribution in [-0.2, 0) is 29.0 Å². The number of carbonyl (C=O) groups is 3. The zero-order chi connectivity index (χ0) is 27.1. The molecule has 0 atom stereocenters. The summed E-state index contributed by atoms with van der Waals surface area (Å²) in [5, 5.41) is 3.24. The molecule has 0 aliphatic carbocycles. The number of benzene rings is 2. The number of nitrogens with one attached hydrogen (secondary N) is 1. The third kappa shape index (κ3) is 7.31. The summed E-state index contributed by atoms with van der Waals surface area (Å²) in [4.78, 5) is 49.3. The molecule has 9 heteroatoms. The Bertz CT molecular complexity index is 1340. The fraction of sp³-hybridized carbons (Fsp3) is 0.250. The van der Waals surface area contributed by atoms with Crippen molar-refractivity contribution in [2.24, 2.45) is 0 Å². The van der Waals surface area contributed by atoms with Crippen LogP contribution in [0.25, 0.3) is 0 Å². The average Bonchev–Trinajstić information content (AvgIpc) is 2.86. The number of hydrogen-bond acceptors (Lipinski definition) is 6. The zero-order valence-corrected chi connectivity index (χ0v) is 22.2. The van der Waals surface area contributed by atoms with Crippen molar-refractivity contribution >= 4 is 34.9 Å². The first-order valence-electron chi connectivity index (χ1n) is 11.6. The Kier molecular flexibility index (Phi) is 9.27. The lowest BCUT2D eigenvalue weighted by Gasteiger charge is -2.16. The van der Waals surface area contributed by atoms with E-state index in [1.165, 1.54) is 31.3 Å². The van der Waals surface area contributed by atoms with Crippen LogP contribution in [0, 0.1) is 0 Å². The highest BCUT2D eigenvalue weighted by atomic mass is 35.5. The van der Waals surface area contributed by atoms with Crippen LogP contribution in [0.2, 0.25) is 5.02 Å². The first kappa shape index (κ1) is 27.7. The molecule has 0 spiro atoms. The highest BCUT2D eigenvalue weighted by Crippen LogP contribution is 2.23. The summed E-state index contributed by atoms with van der Waals surface area (Å²) in [5.74, 6) is -0.936. The Morgan fingerprint density at radius 3 is 2.43 bits per heavy atom. The van der Waals surface area contributed by atoms with E-state index in [0.29, 0.717) is 46.3 Å². The van der Waals surface area contributed by atoms with Crippen LogP contribution in [0.4, 0.5) is 5.69 Å². The highest BCUT2D eigenvalue weighted by molar-refractivity contribution is 6.43. The third-order valence-electron chi connectivity index (χ3n) is 5.55. The summed E-state index contributed by atoms with van der Waals surface area (Å²) >= 11 is 6.42. The molecular weight excluding hydrogens is 490 g/mol. The standard InChI is InChI=1S/C28H30ClN5O3/c1-6-26(35)32-23-13-18(11-12-20(23)17-33(2)3)14-25-30-16-22(29)24(31-25)15-19-9-7-8-10-21(19)27(36)28(37)34(4)5/h6-13,16H,1,14-15,17H2,2-5H3,(H,32,35). The fourth-order valence-electron chi connectivity index (χ4n) is 3.74. The first-order chi connectivity index (χ1) is 17.6. The minimum absolute atomic E-state index is 0.263. The number of rotatable bonds is 10. The van der Waals surface area contributed by atoms with Crippen molar-refractivity contribution in [3.8, 4) is 0 Å². The van der Waals surface area contributed by atoms with Gasteiger partial charge in [0, 0.05) is 50.9 Å². The van der Waals surface area contributed by atoms with Crippen molar-refractivity contribution in [1.29, 1.82) is 0 Å². The molecule has 0 saturated heterocycles. The monoisotopic (exact) mass is 519 g/mol. The molecule has 37 heavy (non-hydrogen) atoms. The van der Waals surface area contributed by atoms with Gasteiger partial charge in [-0.15, -0.1) is 0 Å². The van der Waals surface area contributed by atoms with Crippen molar-refractivity contribution in [2.75, 3.05) is 33.5 Å². The van der Waals surface area contributed by atoms with Gasteiger partial charge >= 0.3 is 0 Å². The summed E-state index contributed by atoms with van der Waals surface area (Å²) in [6.07, 6.45) is 3.44. The molecule has 192 valence electrons. The van der Waals surface area contributed by atoms with Crippen molar-refractivity contribution in [2.45, 2.75) is 19.4 Å². The van der Waals surface area contributed by atoms with Crippen LogP contribution in [0.1, 0.15) is 38.6 Å². The molecule has 0 aliphatic heterocycles.